The topological polar surface area (TPSA) is 113 Å². The van der Waals surface area contributed by atoms with Crippen molar-refractivity contribution in [2.75, 3.05) is 6.54 Å². The second-order valence-corrected chi connectivity index (χ2v) is 5.86. The summed E-state index contributed by atoms with van der Waals surface area (Å²) in [5.41, 5.74) is 1.08. The zero-order valence-electron chi connectivity index (χ0n) is 15.4. The van der Waals surface area contributed by atoms with E-state index in [1.165, 1.54) is 6.07 Å². The molecule has 3 rings (SSSR count). The Hall–Kier alpha value is -3.70. The number of imidazole rings is 1. The number of aromatic nitrogens is 4. The van der Waals surface area contributed by atoms with E-state index in [9.17, 15) is 22.4 Å². The smallest absolute Gasteiger partial charge is 0.475 e. The molecule has 0 spiro atoms. The van der Waals surface area contributed by atoms with E-state index in [1.54, 1.807) is 36.8 Å². The Labute approximate surface area is 167 Å². The Kier molecular flexibility index (Phi) is 7.67. The van der Waals surface area contributed by atoms with E-state index in [-0.39, 0.29) is 11.7 Å². The summed E-state index contributed by atoms with van der Waals surface area (Å²) in [6.45, 7) is 1.31. The van der Waals surface area contributed by atoms with Crippen LogP contribution in [-0.2, 0) is 11.3 Å². The fourth-order valence-electron chi connectivity index (χ4n) is 2.22. The number of hydrogen-bond acceptors (Lipinski definition) is 4. The Morgan fingerprint density at radius 3 is 2.53 bits per heavy atom. The van der Waals surface area contributed by atoms with Gasteiger partial charge in [-0.2, -0.15) is 18.3 Å². The molecule has 0 unspecified atom stereocenters. The van der Waals surface area contributed by atoms with Crippen LogP contribution in [-0.4, -0.2) is 49.5 Å². The number of carboxylic acids is 1. The Bertz CT molecular complexity index is 970. The summed E-state index contributed by atoms with van der Waals surface area (Å²) in [5.74, 6) is -3.38. The van der Waals surface area contributed by atoms with Gasteiger partial charge in [-0.25, -0.2) is 14.2 Å². The first-order chi connectivity index (χ1) is 14.2. The van der Waals surface area contributed by atoms with Crippen molar-refractivity contribution in [3.63, 3.8) is 0 Å². The van der Waals surface area contributed by atoms with Gasteiger partial charge in [-0.1, -0.05) is 12.1 Å². The molecule has 0 atom stereocenters. The molecule has 2 heterocycles. The number of amides is 1. The van der Waals surface area contributed by atoms with Gasteiger partial charge < -0.3 is 15.0 Å². The van der Waals surface area contributed by atoms with Crippen LogP contribution in [0.2, 0.25) is 0 Å². The Morgan fingerprint density at radius 2 is 1.93 bits per heavy atom. The van der Waals surface area contributed by atoms with Gasteiger partial charge in [0.05, 0.1) is 12.0 Å². The van der Waals surface area contributed by atoms with E-state index in [1.807, 2.05) is 10.8 Å². The second kappa shape index (κ2) is 10.2. The number of carboxylic acid groups (broad SMARTS) is 1. The lowest BCUT2D eigenvalue weighted by atomic mass is 10.1. The maximum Gasteiger partial charge on any atom is 0.490 e. The van der Waals surface area contributed by atoms with E-state index < -0.39 is 12.1 Å². The largest absolute Gasteiger partial charge is 0.490 e. The first-order valence-electron chi connectivity index (χ1n) is 8.53. The molecule has 160 valence electrons. The third-order valence-corrected chi connectivity index (χ3v) is 3.65. The van der Waals surface area contributed by atoms with Gasteiger partial charge in [-0.15, -0.1) is 0 Å². The molecule has 3 N–H and O–H groups in total. The van der Waals surface area contributed by atoms with Gasteiger partial charge in [0.2, 0.25) is 0 Å². The van der Waals surface area contributed by atoms with Gasteiger partial charge in [0.1, 0.15) is 11.5 Å². The van der Waals surface area contributed by atoms with E-state index >= 15 is 0 Å². The number of benzene rings is 1. The molecule has 0 radical (unpaired) electrons. The summed E-state index contributed by atoms with van der Waals surface area (Å²) < 4.78 is 47.4. The van der Waals surface area contributed by atoms with Crippen molar-refractivity contribution in [1.82, 2.24) is 25.1 Å². The molecule has 3 aromatic rings. The van der Waals surface area contributed by atoms with Crippen LogP contribution >= 0.6 is 0 Å². The maximum atomic E-state index is 13.7. The molecule has 1 amide bonds. The standard InChI is InChI=1S/C16H16FN5O.C2HF3O2/c17-13-5-2-1-4-12(13)14-10-15(21-20-14)16(23)19-6-3-8-22-9-7-18-11-22;3-2(4,5)1(6)7/h1-2,4-5,7,9-11H,3,6,8H2,(H,19,23)(H,20,21);(H,6,7). The SMILES string of the molecule is O=C(NCCCn1ccnc1)c1cc(-c2ccccc2F)n[nH]1.O=C(O)C(F)(F)F. The van der Waals surface area contributed by atoms with Crippen molar-refractivity contribution in [2.45, 2.75) is 19.1 Å². The predicted octanol–water partition coefficient (Wildman–Crippen LogP) is 2.87. The maximum absolute atomic E-state index is 13.7. The van der Waals surface area contributed by atoms with E-state index in [0.29, 0.717) is 23.5 Å². The molecule has 12 heteroatoms. The Balaban J connectivity index is 0.000000396. The van der Waals surface area contributed by atoms with Gasteiger partial charge in [0.25, 0.3) is 5.91 Å². The lowest BCUT2D eigenvalue weighted by Crippen LogP contribution is -2.25. The summed E-state index contributed by atoms with van der Waals surface area (Å²) in [5, 5.41) is 16.6. The molecule has 0 saturated heterocycles. The van der Waals surface area contributed by atoms with Crippen molar-refractivity contribution in [3.05, 3.63) is 60.6 Å². The van der Waals surface area contributed by atoms with E-state index in [4.69, 9.17) is 9.90 Å². The summed E-state index contributed by atoms with van der Waals surface area (Å²) in [6, 6.07) is 7.87. The van der Waals surface area contributed by atoms with Gasteiger partial charge >= 0.3 is 12.1 Å². The molecule has 8 nitrogen and oxygen atoms in total. The average Bonchev–Trinajstić information content (AvgIpc) is 3.37. The number of carbonyl (C=O) groups excluding carboxylic acids is 1. The third-order valence-electron chi connectivity index (χ3n) is 3.65. The lowest BCUT2D eigenvalue weighted by Gasteiger charge is -2.04. The molecule has 0 saturated carbocycles. The minimum absolute atomic E-state index is 0.259. The zero-order valence-corrected chi connectivity index (χ0v) is 15.4. The molecular formula is C18H17F4N5O3. The van der Waals surface area contributed by atoms with Crippen LogP contribution in [0.1, 0.15) is 16.9 Å². The minimum atomic E-state index is -5.08. The quantitative estimate of drug-likeness (QED) is 0.414. The number of hydrogen-bond donors (Lipinski definition) is 3. The molecule has 2 aromatic heterocycles. The number of nitrogens with zero attached hydrogens (tertiary/aromatic N) is 3. The van der Waals surface area contributed by atoms with Gasteiger partial charge in [0, 0.05) is 31.0 Å². The van der Waals surface area contributed by atoms with Crippen LogP contribution < -0.4 is 5.32 Å². The number of carbonyl (C=O) groups is 2. The predicted molar refractivity (Wildman–Crippen MR) is 96.8 cm³/mol. The number of halogens is 4. The number of H-pyrrole nitrogens is 1. The summed E-state index contributed by atoms with van der Waals surface area (Å²) >= 11 is 0. The second-order valence-electron chi connectivity index (χ2n) is 5.86. The number of aliphatic carboxylic acids is 1. The molecule has 0 fully saturated rings. The molecule has 0 bridgehead atoms. The molecule has 30 heavy (non-hydrogen) atoms. The monoisotopic (exact) mass is 427 g/mol. The van der Waals surface area contributed by atoms with Crippen molar-refractivity contribution >= 4 is 11.9 Å². The molecule has 0 aliphatic heterocycles. The van der Waals surface area contributed by atoms with Crippen LogP contribution in [0.15, 0.2) is 49.1 Å². The van der Waals surface area contributed by atoms with Crippen LogP contribution in [0.3, 0.4) is 0 Å². The highest BCUT2D eigenvalue weighted by atomic mass is 19.4. The first-order valence-corrected chi connectivity index (χ1v) is 8.53. The summed E-state index contributed by atoms with van der Waals surface area (Å²) in [4.78, 5) is 24.9. The van der Waals surface area contributed by atoms with Crippen LogP contribution in [0.4, 0.5) is 17.6 Å². The Morgan fingerprint density at radius 1 is 1.23 bits per heavy atom. The average molecular weight is 427 g/mol. The summed E-state index contributed by atoms with van der Waals surface area (Å²) in [6.07, 6.45) is 1.03. The highest BCUT2D eigenvalue weighted by Gasteiger charge is 2.38. The molecule has 0 aliphatic carbocycles. The minimum Gasteiger partial charge on any atom is -0.475 e. The van der Waals surface area contributed by atoms with Gasteiger partial charge in [-0.05, 0) is 24.6 Å². The van der Waals surface area contributed by atoms with Crippen molar-refractivity contribution in [3.8, 4) is 11.3 Å². The van der Waals surface area contributed by atoms with Crippen LogP contribution in [0.25, 0.3) is 11.3 Å². The number of rotatable bonds is 6. The van der Waals surface area contributed by atoms with Crippen LogP contribution in [0.5, 0.6) is 0 Å². The highest BCUT2D eigenvalue weighted by Crippen LogP contribution is 2.20. The number of aryl methyl sites for hydroxylation is 1. The number of nitrogens with one attached hydrogen (secondary N) is 2. The van der Waals surface area contributed by atoms with Gasteiger partial charge in [0.15, 0.2) is 0 Å². The first kappa shape index (κ1) is 22.6. The van der Waals surface area contributed by atoms with E-state index in [2.05, 4.69) is 20.5 Å². The highest BCUT2D eigenvalue weighted by molar-refractivity contribution is 5.93. The van der Waals surface area contributed by atoms with Crippen molar-refractivity contribution in [1.29, 1.82) is 0 Å². The number of alkyl halides is 3. The fourth-order valence-corrected chi connectivity index (χ4v) is 2.22. The molecular weight excluding hydrogens is 410 g/mol. The number of aromatic amines is 1. The lowest BCUT2D eigenvalue weighted by molar-refractivity contribution is -0.192. The van der Waals surface area contributed by atoms with Crippen LogP contribution in [0, 0.1) is 5.82 Å². The molecule has 0 aliphatic rings. The van der Waals surface area contributed by atoms with E-state index in [0.717, 1.165) is 13.0 Å². The van der Waals surface area contributed by atoms with Crippen molar-refractivity contribution < 1.29 is 32.3 Å². The molecule has 1 aromatic carbocycles. The normalized spacial score (nSPS) is 10.8. The zero-order chi connectivity index (χ0) is 22.1. The summed E-state index contributed by atoms with van der Waals surface area (Å²) in [7, 11) is 0. The van der Waals surface area contributed by atoms with Crippen molar-refractivity contribution in [2.24, 2.45) is 0 Å². The third kappa shape index (κ3) is 6.72. The van der Waals surface area contributed by atoms with Gasteiger partial charge in [-0.3, -0.25) is 9.89 Å². The fraction of sp³-hybridized carbons (Fsp3) is 0.222.